The predicted molar refractivity (Wildman–Crippen MR) is 72.2 cm³/mol. The minimum atomic E-state index is -0.156. The minimum absolute atomic E-state index is 0.156. The van der Waals surface area contributed by atoms with Gasteiger partial charge < -0.3 is 9.47 Å². The van der Waals surface area contributed by atoms with E-state index in [1.807, 2.05) is 12.1 Å². The molecule has 2 heterocycles. The van der Waals surface area contributed by atoms with Crippen LogP contribution in [-0.4, -0.2) is 29.1 Å². The van der Waals surface area contributed by atoms with Gasteiger partial charge in [0.05, 0.1) is 0 Å². The van der Waals surface area contributed by atoms with Crippen molar-refractivity contribution in [2.24, 2.45) is 0 Å². The van der Waals surface area contributed by atoms with E-state index >= 15 is 0 Å². The lowest BCUT2D eigenvalue weighted by Gasteiger charge is -2.26. The number of likely N-dealkylation sites (tertiary alicyclic amines) is 1. The van der Waals surface area contributed by atoms with Crippen LogP contribution in [0.5, 0.6) is 0 Å². The molecule has 2 aromatic rings. The van der Waals surface area contributed by atoms with Crippen molar-refractivity contribution in [2.75, 3.05) is 19.6 Å². The van der Waals surface area contributed by atoms with E-state index in [1.165, 1.54) is 32.4 Å². The molecule has 1 aliphatic rings. The molecule has 1 fully saturated rings. The standard InChI is InChI=1S/C15H19FN2/c16-14-4-5-15-13(12-14)6-9-18(15)11-10-17-7-2-1-3-8-17/h4-6,9,12H,1-3,7-8,10-11H2. The molecular formula is C15H19FN2. The molecule has 0 saturated carbocycles. The average molecular weight is 246 g/mol. The van der Waals surface area contributed by atoms with Gasteiger partial charge in [0.2, 0.25) is 0 Å². The molecule has 3 heteroatoms. The van der Waals surface area contributed by atoms with Crippen LogP contribution in [0.1, 0.15) is 19.3 Å². The average Bonchev–Trinajstić information content (AvgIpc) is 2.80. The second kappa shape index (κ2) is 5.11. The van der Waals surface area contributed by atoms with E-state index in [0.717, 1.165) is 24.0 Å². The van der Waals surface area contributed by atoms with Crippen LogP contribution in [0.25, 0.3) is 10.9 Å². The van der Waals surface area contributed by atoms with Crippen LogP contribution in [0.3, 0.4) is 0 Å². The Bertz CT molecular complexity index is 526. The Morgan fingerprint density at radius 1 is 1.00 bits per heavy atom. The largest absolute Gasteiger partial charge is 0.346 e. The number of aromatic nitrogens is 1. The first-order valence-corrected chi connectivity index (χ1v) is 6.80. The first-order valence-electron chi connectivity index (χ1n) is 6.80. The van der Waals surface area contributed by atoms with Crippen molar-refractivity contribution in [1.29, 1.82) is 0 Å². The van der Waals surface area contributed by atoms with Gasteiger partial charge in [-0.2, -0.15) is 0 Å². The zero-order valence-corrected chi connectivity index (χ0v) is 10.6. The summed E-state index contributed by atoms with van der Waals surface area (Å²) in [7, 11) is 0. The first-order chi connectivity index (χ1) is 8.83. The molecular weight excluding hydrogens is 227 g/mol. The van der Waals surface area contributed by atoms with E-state index < -0.39 is 0 Å². The van der Waals surface area contributed by atoms with Gasteiger partial charge in [0.15, 0.2) is 0 Å². The zero-order chi connectivity index (χ0) is 12.4. The Morgan fingerprint density at radius 3 is 2.67 bits per heavy atom. The van der Waals surface area contributed by atoms with Crippen LogP contribution >= 0.6 is 0 Å². The van der Waals surface area contributed by atoms with Crippen molar-refractivity contribution < 1.29 is 4.39 Å². The Morgan fingerprint density at radius 2 is 1.83 bits per heavy atom. The molecule has 3 rings (SSSR count). The molecule has 0 bridgehead atoms. The molecule has 1 aliphatic heterocycles. The Hall–Kier alpha value is -1.35. The quantitative estimate of drug-likeness (QED) is 0.807. The van der Waals surface area contributed by atoms with Crippen molar-refractivity contribution in [3.63, 3.8) is 0 Å². The van der Waals surface area contributed by atoms with Gasteiger partial charge in [0.25, 0.3) is 0 Å². The smallest absolute Gasteiger partial charge is 0.123 e. The summed E-state index contributed by atoms with van der Waals surface area (Å²) in [5.41, 5.74) is 1.13. The van der Waals surface area contributed by atoms with Gasteiger partial charge in [0.1, 0.15) is 5.82 Å². The van der Waals surface area contributed by atoms with E-state index in [2.05, 4.69) is 15.7 Å². The summed E-state index contributed by atoms with van der Waals surface area (Å²) < 4.78 is 15.3. The molecule has 1 saturated heterocycles. The number of halogens is 1. The van der Waals surface area contributed by atoms with Crippen molar-refractivity contribution in [2.45, 2.75) is 25.8 Å². The highest BCUT2D eigenvalue weighted by Gasteiger charge is 2.10. The number of rotatable bonds is 3. The maximum absolute atomic E-state index is 13.1. The summed E-state index contributed by atoms with van der Waals surface area (Å²) in [6.45, 7) is 4.55. The highest BCUT2D eigenvalue weighted by molar-refractivity contribution is 5.80. The third kappa shape index (κ3) is 2.41. The number of nitrogens with zero attached hydrogens (tertiary/aromatic N) is 2. The molecule has 0 N–H and O–H groups in total. The lowest BCUT2D eigenvalue weighted by Crippen LogP contribution is -2.32. The molecule has 1 aromatic heterocycles. The van der Waals surface area contributed by atoms with Gasteiger partial charge >= 0.3 is 0 Å². The van der Waals surface area contributed by atoms with E-state index in [0.29, 0.717) is 0 Å². The maximum Gasteiger partial charge on any atom is 0.123 e. The summed E-state index contributed by atoms with van der Waals surface area (Å²) in [5, 5.41) is 0.994. The molecule has 0 amide bonds. The van der Waals surface area contributed by atoms with E-state index in [-0.39, 0.29) is 5.82 Å². The third-order valence-corrected chi connectivity index (χ3v) is 3.84. The summed E-state index contributed by atoms with van der Waals surface area (Å²) in [5.74, 6) is -0.156. The third-order valence-electron chi connectivity index (χ3n) is 3.84. The lowest BCUT2D eigenvalue weighted by molar-refractivity contribution is 0.221. The Labute approximate surface area is 107 Å². The van der Waals surface area contributed by atoms with Crippen molar-refractivity contribution in [3.05, 3.63) is 36.3 Å². The first kappa shape index (κ1) is 11.7. The maximum atomic E-state index is 13.1. The van der Waals surface area contributed by atoms with Crippen LogP contribution in [0.4, 0.5) is 4.39 Å². The van der Waals surface area contributed by atoms with Crippen LogP contribution in [-0.2, 0) is 6.54 Å². The fourth-order valence-electron chi connectivity index (χ4n) is 2.80. The summed E-state index contributed by atoms with van der Waals surface area (Å²) >= 11 is 0. The monoisotopic (exact) mass is 246 g/mol. The molecule has 0 spiro atoms. The van der Waals surface area contributed by atoms with Gasteiger partial charge in [-0.3, -0.25) is 0 Å². The molecule has 0 radical (unpaired) electrons. The fraction of sp³-hybridized carbons (Fsp3) is 0.467. The Balaban J connectivity index is 1.70. The number of hydrogen-bond acceptors (Lipinski definition) is 1. The van der Waals surface area contributed by atoms with E-state index in [4.69, 9.17) is 0 Å². The molecule has 1 aromatic carbocycles. The fourth-order valence-corrected chi connectivity index (χ4v) is 2.80. The van der Waals surface area contributed by atoms with Crippen molar-refractivity contribution in [3.8, 4) is 0 Å². The Kier molecular flexibility index (Phi) is 3.33. The van der Waals surface area contributed by atoms with Gasteiger partial charge in [-0.25, -0.2) is 4.39 Å². The molecule has 0 unspecified atom stereocenters. The topological polar surface area (TPSA) is 8.17 Å². The van der Waals surface area contributed by atoms with Crippen LogP contribution < -0.4 is 0 Å². The van der Waals surface area contributed by atoms with Crippen molar-refractivity contribution in [1.82, 2.24) is 9.47 Å². The predicted octanol–water partition coefficient (Wildman–Crippen LogP) is 3.27. The van der Waals surface area contributed by atoms with Gasteiger partial charge in [-0.05, 0) is 50.2 Å². The highest BCUT2D eigenvalue weighted by atomic mass is 19.1. The van der Waals surface area contributed by atoms with Crippen LogP contribution in [0.2, 0.25) is 0 Å². The normalized spacial score (nSPS) is 17.4. The molecule has 96 valence electrons. The molecule has 2 nitrogen and oxygen atoms in total. The SMILES string of the molecule is Fc1ccc2c(ccn2CCN2CCCCC2)c1. The van der Waals surface area contributed by atoms with Crippen LogP contribution in [0.15, 0.2) is 30.5 Å². The van der Waals surface area contributed by atoms with Gasteiger partial charge in [-0.15, -0.1) is 0 Å². The second-order valence-corrected chi connectivity index (χ2v) is 5.11. The van der Waals surface area contributed by atoms with Crippen molar-refractivity contribution >= 4 is 10.9 Å². The zero-order valence-electron chi connectivity index (χ0n) is 10.6. The minimum Gasteiger partial charge on any atom is -0.346 e. The number of benzene rings is 1. The van der Waals surface area contributed by atoms with Crippen LogP contribution in [0, 0.1) is 5.82 Å². The molecule has 0 aliphatic carbocycles. The number of hydrogen-bond donors (Lipinski definition) is 0. The van der Waals surface area contributed by atoms with E-state index in [9.17, 15) is 4.39 Å². The molecule has 0 atom stereocenters. The van der Waals surface area contributed by atoms with E-state index in [1.54, 1.807) is 12.1 Å². The summed E-state index contributed by atoms with van der Waals surface area (Å²) in [4.78, 5) is 2.53. The summed E-state index contributed by atoms with van der Waals surface area (Å²) in [6.07, 6.45) is 6.10. The number of piperidine rings is 1. The van der Waals surface area contributed by atoms with Gasteiger partial charge in [-0.1, -0.05) is 6.42 Å². The van der Waals surface area contributed by atoms with Gasteiger partial charge in [0, 0.05) is 30.2 Å². The highest BCUT2D eigenvalue weighted by Crippen LogP contribution is 2.17. The lowest BCUT2D eigenvalue weighted by atomic mass is 10.1. The number of fused-ring (bicyclic) bond motifs is 1. The molecule has 18 heavy (non-hydrogen) atoms. The summed E-state index contributed by atoms with van der Waals surface area (Å²) in [6, 6.07) is 7.02. The second-order valence-electron chi connectivity index (χ2n) is 5.11.